The molecule has 0 spiro atoms. The summed E-state index contributed by atoms with van der Waals surface area (Å²) in [7, 11) is 0. The Bertz CT molecular complexity index is 217. The number of carbonyl (C=O) groups is 1. The fourth-order valence-corrected chi connectivity index (χ4v) is 1.43. The van der Waals surface area contributed by atoms with Crippen molar-refractivity contribution in [2.45, 2.75) is 58.8 Å². The Labute approximate surface area is 99.4 Å². The molecule has 0 amide bonds. The second-order valence-electron chi connectivity index (χ2n) is 3.90. The minimum Gasteiger partial charge on any atom is -0.435 e. The lowest BCUT2D eigenvalue weighted by molar-refractivity contribution is -0.135. The number of rotatable bonds is 9. The maximum atomic E-state index is 10.4. The minimum absolute atomic E-state index is 0.250. The molecule has 0 radical (unpaired) electrons. The van der Waals surface area contributed by atoms with E-state index in [0.29, 0.717) is 0 Å². The first kappa shape index (κ1) is 14.9. The molecule has 0 heterocycles. The van der Waals surface area contributed by atoms with Crippen molar-refractivity contribution in [3.05, 3.63) is 24.5 Å². The molecule has 0 saturated carbocycles. The highest BCUT2D eigenvalue weighted by Gasteiger charge is 1.89. The Morgan fingerprint density at radius 1 is 1.00 bits per heavy atom. The van der Waals surface area contributed by atoms with E-state index < -0.39 is 0 Å². The van der Waals surface area contributed by atoms with E-state index in [4.69, 9.17) is 0 Å². The molecule has 2 nitrogen and oxygen atoms in total. The SMILES string of the molecule is CC=CCCCCCCCC=COC(C)=O. The Morgan fingerprint density at radius 3 is 2.12 bits per heavy atom. The zero-order valence-electron chi connectivity index (χ0n) is 10.6. The topological polar surface area (TPSA) is 26.3 Å². The molecule has 0 aliphatic carbocycles. The van der Waals surface area contributed by atoms with Crippen molar-refractivity contribution in [2.24, 2.45) is 0 Å². The predicted octanol–water partition coefficient (Wildman–Crippen LogP) is 4.37. The van der Waals surface area contributed by atoms with Gasteiger partial charge in [0.15, 0.2) is 0 Å². The average molecular weight is 224 g/mol. The Balaban J connectivity index is 3.09. The molecular weight excluding hydrogens is 200 g/mol. The molecule has 0 fully saturated rings. The van der Waals surface area contributed by atoms with Crippen LogP contribution in [0.2, 0.25) is 0 Å². The third kappa shape index (κ3) is 12.9. The van der Waals surface area contributed by atoms with Gasteiger partial charge in [-0.25, -0.2) is 0 Å². The van der Waals surface area contributed by atoms with Crippen LogP contribution < -0.4 is 0 Å². The molecule has 0 N–H and O–H groups in total. The minimum atomic E-state index is -0.250. The highest BCUT2D eigenvalue weighted by molar-refractivity contribution is 5.66. The molecule has 0 aliphatic rings. The van der Waals surface area contributed by atoms with E-state index in [2.05, 4.69) is 23.8 Å². The normalized spacial score (nSPS) is 11.4. The molecular formula is C14H24O2. The van der Waals surface area contributed by atoms with Gasteiger partial charge in [-0.3, -0.25) is 4.79 Å². The smallest absolute Gasteiger partial charge is 0.307 e. The molecule has 0 bridgehead atoms. The van der Waals surface area contributed by atoms with Gasteiger partial charge in [0.1, 0.15) is 0 Å². The van der Waals surface area contributed by atoms with Crippen molar-refractivity contribution >= 4 is 5.97 Å². The van der Waals surface area contributed by atoms with Crippen LogP contribution in [0.5, 0.6) is 0 Å². The molecule has 0 aromatic carbocycles. The zero-order chi connectivity index (χ0) is 12.1. The van der Waals surface area contributed by atoms with E-state index in [1.165, 1.54) is 51.7 Å². The van der Waals surface area contributed by atoms with Crippen molar-refractivity contribution in [3.63, 3.8) is 0 Å². The first-order valence-corrected chi connectivity index (χ1v) is 6.20. The van der Waals surface area contributed by atoms with Crippen molar-refractivity contribution < 1.29 is 9.53 Å². The number of ether oxygens (including phenoxy) is 1. The number of unbranched alkanes of at least 4 members (excludes halogenated alkanes) is 6. The highest BCUT2D eigenvalue weighted by atomic mass is 16.5. The van der Waals surface area contributed by atoms with Gasteiger partial charge in [0.25, 0.3) is 0 Å². The predicted molar refractivity (Wildman–Crippen MR) is 68.0 cm³/mol. The molecule has 0 aromatic heterocycles. The summed E-state index contributed by atoms with van der Waals surface area (Å²) in [6, 6.07) is 0. The lowest BCUT2D eigenvalue weighted by Crippen LogP contribution is -1.89. The van der Waals surface area contributed by atoms with Gasteiger partial charge in [-0.1, -0.05) is 31.4 Å². The lowest BCUT2D eigenvalue weighted by Gasteiger charge is -1.98. The molecule has 0 aliphatic heterocycles. The van der Waals surface area contributed by atoms with Gasteiger partial charge < -0.3 is 4.74 Å². The van der Waals surface area contributed by atoms with E-state index in [1.54, 1.807) is 0 Å². The molecule has 0 saturated heterocycles. The van der Waals surface area contributed by atoms with Gasteiger partial charge >= 0.3 is 5.97 Å². The molecule has 0 rings (SSSR count). The molecule has 0 aromatic rings. The summed E-state index contributed by atoms with van der Waals surface area (Å²) in [5.74, 6) is -0.250. The number of carbonyl (C=O) groups excluding carboxylic acids is 1. The van der Waals surface area contributed by atoms with Gasteiger partial charge in [-0.05, 0) is 38.7 Å². The van der Waals surface area contributed by atoms with Crippen LogP contribution in [0.3, 0.4) is 0 Å². The van der Waals surface area contributed by atoms with Crippen LogP contribution in [0, 0.1) is 0 Å². The summed E-state index contributed by atoms with van der Waals surface area (Å²) in [5, 5.41) is 0. The van der Waals surface area contributed by atoms with Crippen molar-refractivity contribution in [3.8, 4) is 0 Å². The van der Waals surface area contributed by atoms with Crippen molar-refractivity contribution in [1.29, 1.82) is 0 Å². The second-order valence-corrected chi connectivity index (χ2v) is 3.90. The number of esters is 1. The van der Waals surface area contributed by atoms with Crippen molar-refractivity contribution in [2.75, 3.05) is 0 Å². The summed E-state index contributed by atoms with van der Waals surface area (Å²) in [4.78, 5) is 10.4. The van der Waals surface area contributed by atoms with Crippen LogP contribution in [0.25, 0.3) is 0 Å². The molecule has 0 atom stereocenters. The summed E-state index contributed by atoms with van der Waals surface area (Å²) in [5.41, 5.74) is 0. The largest absolute Gasteiger partial charge is 0.435 e. The second kappa shape index (κ2) is 12.0. The van der Waals surface area contributed by atoms with Crippen molar-refractivity contribution in [1.82, 2.24) is 0 Å². The quantitative estimate of drug-likeness (QED) is 0.251. The van der Waals surface area contributed by atoms with Crippen LogP contribution in [0.4, 0.5) is 0 Å². The van der Waals surface area contributed by atoms with Crippen LogP contribution in [0.1, 0.15) is 58.8 Å². The summed E-state index contributed by atoms with van der Waals surface area (Å²) in [6.07, 6.45) is 16.3. The maximum absolute atomic E-state index is 10.4. The summed E-state index contributed by atoms with van der Waals surface area (Å²) >= 11 is 0. The average Bonchev–Trinajstić information content (AvgIpc) is 2.25. The van der Waals surface area contributed by atoms with Gasteiger partial charge in [0, 0.05) is 6.92 Å². The van der Waals surface area contributed by atoms with Crippen LogP contribution in [-0.4, -0.2) is 5.97 Å². The third-order valence-electron chi connectivity index (χ3n) is 2.31. The van der Waals surface area contributed by atoms with E-state index in [0.717, 1.165) is 6.42 Å². The molecule has 0 unspecified atom stereocenters. The summed E-state index contributed by atoms with van der Waals surface area (Å²) < 4.78 is 4.69. The molecule has 2 heteroatoms. The van der Waals surface area contributed by atoms with E-state index in [-0.39, 0.29) is 5.97 Å². The lowest BCUT2D eigenvalue weighted by atomic mass is 10.1. The Hall–Kier alpha value is -1.05. The first-order chi connectivity index (χ1) is 7.77. The van der Waals surface area contributed by atoms with Crippen LogP contribution in [0.15, 0.2) is 24.5 Å². The highest BCUT2D eigenvalue weighted by Crippen LogP contribution is 2.07. The van der Waals surface area contributed by atoms with E-state index >= 15 is 0 Å². The van der Waals surface area contributed by atoms with Gasteiger partial charge in [0.05, 0.1) is 6.26 Å². The third-order valence-corrected chi connectivity index (χ3v) is 2.31. The van der Waals surface area contributed by atoms with Crippen LogP contribution >= 0.6 is 0 Å². The zero-order valence-corrected chi connectivity index (χ0v) is 10.6. The van der Waals surface area contributed by atoms with E-state index in [9.17, 15) is 4.79 Å². The summed E-state index contributed by atoms with van der Waals surface area (Å²) in [6.45, 7) is 3.48. The number of hydrogen-bond acceptors (Lipinski definition) is 2. The Kier molecular flexibility index (Phi) is 11.2. The molecule has 16 heavy (non-hydrogen) atoms. The Morgan fingerprint density at radius 2 is 1.56 bits per heavy atom. The van der Waals surface area contributed by atoms with Gasteiger partial charge in [-0.2, -0.15) is 0 Å². The monoisotopic (exact) mass is 224 g/mol. The van der Waals surface area contributed by atoms with Crippen LogP contribution in [-0.2, 0) is 9.53 Å². The fraction of sp³-hybridized carbons (Fsp3) is 0.643. The van der Waals surface area contributed by atoms with Gasteiger partial charge in [-0.15, -0.1) is 0 Å². The van der Waals surface area contributed by atoms with Gasteiger partial charge in [0.2, 0.25) is 0 Å². The fourth-order valence-electron chi connectivity index (χ4n) is 1.43. The molecule has 92 valence electrons. The number of hydrogen-bond donors (Lipinski definition) is 0. The van der Waals surface area contributed by atoms with E-state index in [1.807, 2.05) is 6.08 Å². The standard InChI is InChI=1S/C14H24O2/c1-3-4-5-6-7-8-9-10-11-12-13-16-14(2)15/h3-4,12-13H,5-11H2,1-2H3. The maximum Gasteiger partial charge on any atom is 0.307 e. The first-order valence-electron chi connectivity index (χ1n) is 6.20. The number of allylic oxidation sites excluding steroid dienone is 3.